The van der Waals surface area contributed by atoms with E-state index in [4.69, 9.17) is 18.4 Å². The third-order valence-corrected chi connectivity index (χ3v) is 10.3. The average Bonchev–Trinajstić information content (AvgIpc) is 3.74. The molecule has 1 unspecified atom stereocenters. The number of fused-ring (bicyclic) bond motifs is 1. The Labute approximate surface area is 310 Å². The van der Waals surface area contributed by atoms with Gasteiger partial charge in [-0.1, -0.05) is 39.0 Å². The molecule has 5 rings (SSSR count). The molecule has 15 nitrogen and oxygen atoms in total. The van der Waals surface area contributed by atoms with Crippen molar-refractivity contribution in [3.8, 4) is 11.6 Å². The van der Waals surface area contributed by atoms with E-state index in [0.717, 1.165) is 5.39 Å². The molecule has 0 radical (unpaired) electrons. The number of nitrogens with zero attached hydrogens (tertiary/aromatic N) is 2. The molecule has 1 aliphatic heterocycles. The van der Waals surface area contributed by atoms with E-state index in [0.29, 0.717) is 29.6 Å². The third-order valence-electron chi connectivity index (χ3n) is 9.30. The number of nitrogens with one attached hydrogen (secondary N) is 3. The molecule has 3 N–H and O–H groups in total. The molecular weight excluding hydrogens is 706 g/mol. The normalized spacial score (nSPS) is 23.7. The number of alkyl carbamates (subject to hydrolysis) is 1. The maximum absolute atomic E-state index is 14.5. The Bertz CT molecular complexity index is 1920. The largest absolute Gasteiger partial charge is 0.497 e. The Hall–Kier alpha value is -4.70. The molecule has 1 aromatic carbocycles. The summed E-state index contributed by atoms with van der Waals surface area (Å²) in [5.74, 6) is -2.30. The van der Waals surface area contributed by atoms with Gasteiger partial charge in [-0.15, -0.1) is 6.58 Å². The minimum absolute atomic E-state index is 0.0322. The third kappa shape index (κ3) is 8.92. The quantitative estimate of drug-likeness (QED) is 0.268. The van der Waals surface area contributed by atoms with Crippen LogP contribution in [-0.4, -0.2) is 91.2 Å². The first-order valence-electron chi connectivity index (χ1n) is 17.4. The number of ether oxygens (including phenoxy) is 3. The van der Waals surface area contributed by atoms with Crippen LogP contribution < -0.4 is 24.8 Å². The Morgan fingerprint density at radius 3 is 2.36 bits per heavy atom. The summed E-state index contributed by atoms with van der Waals surface area (Å²) >= 11 is 0. The molecule has 3 aliphatic rings. The van der Waals surface area contributed by atoms with Crippen LogP contribution in [0.2, 0.25) is 0 Å². The predicted molar refractivity (Wildman–Crippen MR) is 195 cm³/mol. The number of likely N-dealkylation sites (tertiary alicyclic amines) is 1. The fraction of sp³-hybridized carbons (Fsp3) is 0.541. The highest BCUT2D eigenvalue weighted by atomic mass is 32.2. The van der Waals surface area contributed by atoms with Crippen molar-refractivity contribution in [2.45, 2.75) is 103 Å². The van der Waals surface area contributed by atoms with Gasteiger partial charge >= 0.3 is 16.4 Å². The summed E-state index contributed by atoms with van der Waals surface area (Å²) in [7, 11) is -2.93. The predicted octanol–water partition coefficient (Wildman–Crippen LogP) is 3.69. The van der Waals surface area contributed by atoms with Gasteiger partial charge in [0, 0.05) is 30.3 Å². The van der Waals surface area contributed by atoms with E-state index in [1.165, 1.54) is 11.0 Å². The van der Waals surface area contributed by atoms with Crippen molar-refractivity contribution in [2.24, 2.45) is 11.3 Å². The molecule has 1 saturated heterocycles. The minimum atomic E-state index is -4.49. The lowest BCUT2D eigenvalue weighted by Gasteiger charge is -2.49. The maximum atomic E-state index is 14.5. The number of aromatic nitrogens is 1. The van der Waals surface area contributed by atoms with E-state index in [1.807, 2.05) is 10.8 Å². The Balaban J connectivity index is 1.47. The van der Waals surface area contributed by atoms with Crippen molar-refractivity contribution < 1.29 is 46.0 Å². The molecule has 0 spiro atoms. The van der Waals surface area contributed by atoms with Gasteiger partial charge < -0.3 is 29.7 Å². The van der Waals surface area contributed by atoms with Crippen molar-refractivity contribution in [1.29, 1.82) is 0 Å². The number of hydrogen-bond acceptors (Lipinski definition) is 11. The fourth-order valence-corrected chi connectivity index (χ4v) is 7.57. The number of methoxy groups -OCH3 is 1. The summed E-state index contributed by atoms with van der Waals surface area (Å²) in [5, 5.41) is 6.91. The van der Waals surface area contributed by atoms with Crippen molar-refractivity contribution >= 4 is 44.9 Å². The molecule has 16 heteroatoms. The first-order chi connectivity index (χ1) is 24.7. The van der Waals surface area contributed by atoms with Crippen molar-refractivity contribution in [3.05, 3.63) is 55.3 Å². The van der Waals surface area contributed by atoms with Gasteiger partial charge in [-0.3, -0.25) is 18.6 Å². The number of rotatable bonds is 12. The van der Waals surface area contributed by atoms with Crippen LogP contribution in [0.25, 0.3) is 10.8 Å². The van der Waals surface area contributed by atoms with Gasteiger partial charge in [0.2, 0.25) is 17.7 Å². The van der Waals surface area contributed by atoms with Crippen LogP contribution in [0.5, 0.6) is 11.6 Å². The second-order valence-electron chi connectivity index (χ2n) is 15.8. The van der Waals surface area contributed by atoms with E-state index in [9.17, 15) is 27.6 Å². The van der Waals surface area contributed by atoms with E-state index >= 15 is 0 Å². The summed E-state index contributed by atoms with van der Waals surface area (Å²) in [6, 6.07) is 4.80. The molecule has 1 aromatic heterocycles. The van der Waals surface area contributed by atoms with Crippen LogP contribution in [0.3, 0.4) is 0 Å². The molecule has 3 fully saturated rings. The van der Waals surface area contributed by atoms with Gasteiger partial charge in [-0.2, -0.15) is 8.42 Å². The van der Waals surface area contributed by atoms with Crippen LogP contribution >= 0.6 is 0 Å². The standard InChI is InChI=1S/C37H49N5O10S/c1-10-27-21(2)19-37(27,33(45)41-53(47,48)52-23-11-12-23)40-30(43)28-18-25(50-31-26-14-13-24(49-9)17-22(26)15-16-38-31)20-42(28)32(44)29(35(3,4)5)39-34(46)51-36(6,7)8/h10,13-17,23,25,27-29H,1-2,11-12,18-20H2,3-9H3,(H,39,46)(H,40,43)(H,41,45)/t25-,27?,28+,29-,37-/m1/s1. The zero-order valence-electron chi connectivity index (χ0n) is 31.2. The van der Waals surface area contributed by atoms with Crippen LogP contribution in [0.15, 0.2) is 55.3 Å². The van der Waals surface area contributed by atoms with E-state index in [1.54, 1.807) is 73.0 Å². The van der Waals surface area contributed by atoms with Gasteiger partial charge in [0.25, 0.3) is 5.91 Å². The summed E-state index contributed by atoms with van der Waals surface area (Å²) in [6.45, 7) is 18.0. The van der Waals surface area contributed by atoms with Gasteiger partial charge in [-0.05, 0) is 68.7 Å². The topological polar surface area (TPSA) is 192 Å². The summed E-state index contributed by atoms with van der Waals surface area (Å²) < 4.78 is 49.5. The second kappa shape index (κ2) is 14.6. The van der Waals surface area contributed by atoms with Crippen LogP contribution in [0, 0.1) is 11.3 Å². The molecule has 2 heterocycles. The number of hydrogen-bond donors (Lipinski definition) is 3. The van der Waals surface area contributed by atoms with E-state index in [2.05, 4.69) is 28.8 Å². The summed E-state index contributed by atoms with van der Waals surface area (Å²) in [6.07, 6.45) is 1.84. The molecule has 4 amide bonds. The number of pyridine rings is 1. The zero-order chi connectivity index (χ0) is 39.1. The molecule has 53 heavy (non-hydrogen) atoms. The lowest BCUT2D eigenvalue weighted by Crippen LogP contribution is -2.70. The van der Waals surface area contributed by atoms with Gasteiger partial charge in [0.05, 0.1) is 19.8 Å². The molecule has 2 saturated carbocycles. The molecule has 2 aromatic rings. The molecule has 5 atom stereocenters. The Kier molecular flexibility index (Phi) is 10.9. The van der Waals surface area contributed by atoms with Gasteiger partial charge in [0.1, 0.15) is 35.1 Å². The second-order valence-corrected chi connectivity index (χ2v) is 17.1. The smallest absolute Gasteiger partial charge is 0.408 e. The lowest BCUT2D eigenvalue weighted by molar-refractivity contribution is -0.144. The molecule has 2 aliphatic carbocycles. The summed E-state index contributed by atoms with van der Waals surface area (Å²) in [4.78, 5) is 61.4. The van der Waals surface area contributed by atoms with Crippen molar-refractivity contribution in [1.82, 2.24) is 25.2 Å². The first kappa shape index (κ1) is 39.5. The Morgan fingerprint density at radius 1 is 1.08 bits per heavy atom. The van der Waals surface area contributed by atoms with E-state index in [-0.39, 0.29) is 25.3 Å². The number of carbonyl (C=O) groups is 4. The van der Waals surface area contributed by atoms with E-state index < -0.39 is 80.9 Å². The highest BCUT2D eigenvalue weighted by Crippen LogP contribution is 2.44. The van der Waals surface area contributed by atoms with Crippen LogP contribution in [0.1, 0.15) is 67.2 Å². The monoisotopic (exact) mass is 755 g/mol. The summed E-state index contributed by atoms with van der Waals surface area (Å²) in [5.41, 5.74) is -2.94. The number of amides is 4. The zero-order valence-corrected chi connectivity index (χ0v) is 32.0. The molecule has 0 bridgehead atoms. The van der Waals surface area contributed by atoms with Gasteiger partial charge in [-0.25, -0.2) is 14.5 Å². The van der Waals surface area contributed by atoms with Gasteiger partial charge in [0.15, 0.2) is 0 Å². The minimum Gasteiger partial charge on any atom is -0.497 e. The highest BCUT2D eigenvalue weighted by Gasteiger charge is 2.58. The van der Waals surface area contributed by atoms with Crippen molar-refractivity contribution in [2.75, 3.05) is 13.7 Å². The van der Waals surface area contributed by atoms with Crippen LogP contribution in [-0.2, 0) is 33.6 Å². The lowest BCUT2D eigenvalue weighted by atomic mass is 9.62. The van der Waals surface area contributed by atoms with Crippen molar-refractivity contribution in [3.63, 3.8) is 0 Å². The SMILES string of the molecule is C=CC1C(=C)C[C@]1(NC(=O)[C@@H]1C[C@@H](Oc2nccc3cc(OC)ccc23)CN1C(=O)[C@@H](NC(=O)OC(C)(C)C)C(C)(C)C)C(=O)NS(=O)(=O)OC1CC1. The first-order valence-corrected chi connectivity index (χ1v) is 18.8. The number of benzene rings is 1. The highest BCUT2D eigenvalue weighted by molar-refractivity contribution is 7.85. The molecule has 288 valence electrons. The van der Waals surface area contributed by atoms with Crippen LogP contribution in [0.4, 0.5) is 4.79 Å². The average molecular weight is 756 g/mol. The maximum Gasteiger partial charge on any atom is 0.408 e. The Morgan fingerprint density at radius 2 is 1.77 bits per heavy atom. The fourth-order valence-electron chi connectivity index (χ4n) is 6.56. The number of carbonyl (C=O) groups excluding carboxylic acids is 4. The molecular formula is C37H49N5O10S.